The molecule has 0 aromatic carbocycles. The summed E-state index contributed by atoms with van der Waals surface area (Å²) in [5, 5.41) is 0. The molecule has 6 heteroatoms. The van der Waals surface area contributed by atoms with Gasteiger partial charge in [-0.3, -0.25) is 0 Å². The van der Waals surface area contributed by atoms with Crippen molar-refractivity contribution in [3.8, 4) is 0 Å². The van der Waals surface area contributed by atoms with Gasteiger partial charge < -0.3 is 0 Å². The van der Waals surface area contributed by atoms with Crippen LogP contribution in [0.2, 0.25) is 0 Å². The molecular formula is C8H13F3O2S. The van der Waals surface area contributed by atoms with Gasteiger partial charge in [-0.1, -0.05) is 6.42 Å². The third-order valence-electron chi connectivity index (χ3n) is 2.62. The summed E-state index contributed by atoms with van der Waals surface area (Å²) < 4.78 is 58.7. The maximum absolute atomic E-state index is 13.1. The molecule has 1 rings (SSSR count). The van der Waals surface area contributed by atoms with Crippen molar-refractivity contribution in [2.75, 3.05) is 5.75 Å². The van der Waals surface area contributed by atoms with E-state index in [2.05, 4.69) is 0 Å². The number of hydrogen-bond acceptors (Lipinski definition) is 2. The van der Waals surface area contributed by atoms with Crippen LogP contribution < -0.4 is 0 Å². The van der Waals surface area contributed by atoms with E-state index in [-0.39, 0.29) is 12.8 Å². The average molecular weight is 230 g/mol. The summed E-state index contributed by atoms with van der Waals surface area (Å²) in [5.41, 5.74) is 0. The minimum atomic E-state index is -4.61. The Morgan fingerprint density at radius 1 is 1.29 bits per heavy atom. The van der Waals surface area contributed by atoms with E-state index in [1.807, 2.05) is 0 Å². The zero-order valence-corrected chi connectivity index (χ0v) is 8.50. The fourth-order valence-electron chi connectivity index (χ4n) is 1.81. The van der Waals surface area contributed by atoms with Crippen LogP contribution in [0.4, 0.5) is 12.7 Å². The zero-order valence-electron chi connectivity index (χ0n) is 7.68. The first-order valence-electron chi connectivity index (χ1n) is 4.61. The molecule has 0 aromatic rings. The second-order valence-corrected chi connectivity index (χ2v) is 5.22. The van der Waals surface area contributed by atoms with E-state index >= 15 is 0 Å². The van der Waals surface area contributed by atoms with Crippen molar-refractivity contribution in [1.82, 2.24) is 0 Å². The van der Waals surface area contributed by atoms with Crippen molar-refractivity contribution < 1.29 is 21.1 Å². The van der Waals surface area contributed by atoms with Crippen LogP contribution in [0.25, 0.3) is 0 Å². The fraction of sp³-hybridized carbons (Fsp3) is 1.00. The molecule has 0 bridgehead atoms. The molecule has 0 amide bonds. The Morgan fingerprint density at radius 2 is 1.93 bits per heavy atom. The third-order valence-corrected chi connectivity index (χ3v) is 3.34. The topological polar surface area (TPSA) is 34.1 Å². The molecule has 0 N–H and O–H groups in total. The van der Waals surface area contributed by atoms with Gasteiger partial charge in [-0.25, -0.2) is 8.78 Å². The van der Waals surface area contributed by atoms with E-state index in [1.54, 1.807) is 0 Å². The number of halogens is 3. The molecule has 1 aliphatic carbocycles. The van der Waals surface area contributed by atoms with Crippen LogP contribution in [-0.4, -0.2) is 20.1 Å². The van der Waals surface area contributed by atoms with Crippen molar-refractivity contribution in [3.05, 3.63) is 0 Å². The molecule has 84 valence electrons. The third kappa shape index (κ3) is 3.48. The molecule has 2 nitrogen and oxygen atoms in total. The molecule has 0 aromatic heterocycles. The van der Waals surface area contributed by atoms with Crippen LogP contribution in [0.5, 0.6) is 0 Å². The van der Waals surface area contributed by atoms with Crippen LogP contribution in [0.15, 0.2) is 0 Å². The van der Waals surface area contributed by atoms with Crippen LogP contribution in [0.3, 0.4) is 0 Å². The summed E-state index contributed by atoms with van der Waals surface area (Å²) in [5.74, 6) is -4.57. The SMILES string of the molecule is O=S(=O)(F)CCC1CCCCC1(F)F. The molecule has 0 heterocycles. The summed E-state index contributed by atoms with van der Waals surface area (Å²) in [6, 6.07) is 0. The molecule has 1 saturated carbocycles. The Kier molecular flexibility index (Phi) is 3.44. The molecule has 0 aliphatic heterocycles. The van der Waals surface area contributed by atoms with E-state index < -0.39 is 27.8 Å². The predicted octanol–water partition coefficient (Wildman–Crippen LogP) is 2.50. The molecular weight excluding hydrogens is 217 g/mol. The van der Waals surface area contributed by atoms with Gasteiger partial charge in [0.05, 0.1) is 5.75 Å². The Labute approximate surface area is 81.7 Å². The molecule has 1 unspecified atom stereocenters. The van der Waals surface area contributed by atoms with Gasteiger partial charge in [0, 0.05) is 12.3 Å². The van der Waals surface area contributed by atoms with Gasteiger partial charge in [-0.15, -0.1) is 3.89 Å². The van der Waals surface area contributed by atoms with Crippen molar-refractivity contribution in [3.63, 3.8) is 0 Å². The molecule has 14 heavy (non-hydrogen) atoms. The molecule has 1 aliphatic rings. The Bertz CT molecular complexity index is 287. The first kappa shape index (κ1) is 11.8. The summed E-state index contributed by atoms with van der Waals surface area (Å²) in [7, 11) is -4.61. The highest BCUT2D eigenvalue weighted by molar-refractivity contribution is 7.86. The van der Waals surface area contributed by atoms with Gasteiger partial charge in [0.25, 0.3) is 5.92 Å². The van der Waals surface area contributed by atoms with Gasteiger partial charge in [-0.2, -0.15) is 8.42 Å². The fourth-order valence-corrected chi connectivity index (χ4v) is 2.37. The van der Waals surface area contributed by atoms with Gasteiger partial charge in [0.15, 0.2) is 0 Å². The van der Waals surface area contributed by atoms with Crippen molar-refractivity contribution >= 4 is 10.2 Å². The van der Waals surface area contributed by atoms with Crippen LogP contribution in [-0.2, 0) is 10.2 Å². The second kappa shape index (κ2) is 4.08. The first-order valence-corrected chi connectivity index (χ1v) is 6.17. The van der Waals surface area contributed by atoms with Crippen molar-refractivity contribution in [1.29, 1.82) is 0 Å². The monoisotopic (exact) mass is 230 g/mol. The minimum Gasteiger partial charge on any atom is -0.207 e. The van der Waals surface area contributed by atoms with Gasteiger partial charge in [-0.05, 0) is 19.3 Å². The highest BCUT2D eigenvalue weighted by Gasteiger charge is 2.41. The van der Waals surface area contributed by atoms with E-state index in [9.17, 15) is 21.1 Å². The summed E-state index contributed by atoms with van der Waals surface area (Å²) in [6.45, 7) is 0. The van der Waals surface area contributed by atoms with Gasteiger partial charge in [0.2, 0.25) is 0 Å². The Balaban J connectivity index is 2.50. The zero-order chi connectivity index (χ0) is 10.8. The number of rotatable bonds is 3. The Morgan fingerprint density at radius 3 is 2.43 bits per heavy atom. The Hall–Kier alpha value is -0.260. The second-order valence-electron chi connectivity index (χ2n) is 3.74. The number of hydrogen-bond donors (Lipinski definition) is 0. The summed E-state index contributed by atoms with van der Waals surface area (Å²) in [4.78, 5) is 0. The lowest BCUT2D eigenvalue weighted by atomic mass is 9.84. The largest absolute Gasteiger partial charge is 0.302 e. The van der Waals surface area contributed by atoms with Crippen LogP contribution in [0.1, 0.15) is 32.1 Å². The molecule has 0 spiro atoms. The van der Waals surface area contributed by atoms with Crippen molar-refractivity contribution in [2.45, 2.75) is 38.0 Å². The maximum Gasteiger partial charge on any atom is 0.302 e. The quantitative estimate of drug-likeness (QED) is 0.698. The maximum atomic E-state index is 13.1. The summed E-state index contributed by atoms with van der Waals surface area (Å²) >= 11 is 0. The van der Waals surface area contributed by atoms with Crippen molar-refractivity contribution in [2.24, 2.45) is 5.92 Å². The van der Waals surface area contributed by atoms with Gasteiger partial charge in [0.1, 0.15) is 0 Å². The smallest absolute Gasteiger partial charge is 0.207 e. The lowest BCUT2D eigenvalue weighted by Crippen LogP contribution is -2.32. The molecule has 1 atom stereocenters. The van der Waals surface area contributed by atoms with E-state index in [4.69, 9.17) is 0 Å². The first-order chi connectivity index (χ1) is 6.31. The molecule has 0 radical (unpaired) electrons. The van der Waals surface area contributed by atoms with Crippen LogP contribution >= 0.6 is 0 Å². The highest BCUT2D eigenvalue weighted by atomic mass is 32.3. The van der Waals surface area contributed by atoms with E-state index in [0.717, 1.165) is 0 Å². The number of alkyl halides is 2. The van der Waals surface area contributed by atoms with Crippen LogP contribution in [0, 0.1) is 5.92 Å². The lowest BCUT2D eigenvalue weighted by Gasteiger charge is -2.30. The van der Waals surface area contributed by atoms with Gasteiger partial charge >= 0.3 is 10.2 Å². The van der Waals surface area contributed by atoms with E-state index in [0.29, 0.717) is 19.3 Å². The summed E-state index contributed by atoms with van der Waals surface area (Å²) in [6.07, 6.45) is 0.955. The minimum absolute atomic E-state index is 0.204. The normalized spacial score (nSPS) is 27.5. The predicted molar refractivity (Wildman–Crippen MR) is 46.4 cm³/mol. The highest BCUT2D eigenvalue weighted by Crippen LogP contribution is 2.40. The average Bonchev–Trinajstić information content (AvgIpc) is 2.00. The molecule has 1 fully saturated rings. The lowest BCUT2D eigenvalue weighted by molar-refractivity contribution is -0.0862. The molecule has 0 saturated heterocycles. The standard InChI is InChI=1S/C8H13F3O2S/c9-8(10)5-2-1-3-7(8)4-6-14(11,12)13/h7H,1-6H2. The van der Waals surface area contributed by atoms with E-state index in [1.165, 1.54) is 0 Å².